The summed E-state index contributed by atoms with van der Waals surface area (Å²) in [7, 11) is -0.463. The van der Waals surface area contributed by atoms with Crippen molar-refractivity contribution in [3.8, 4) is 0 Å². The molecule has 1 N–H and O–H groups in total. The predicted octanol–water partition coefficient (Wildman–Crippen LogP) is 4.49. The molecule has 1 heterocycles. The van der Waals surface area contributed by atoms with Crippen LogP contribution < -0.4 is 10.8 Å². The van der Waals surface area contributed by atoms with Crippen molar-refractivity contribution in [3.63, 3.8) is 0 Å². The summed E-state index contributed by atoms with van der Waals surface area (Å²) in [5, 5.41) is 4.74. The van der Waals surface area contributed by atoms with E-state index in [1.54, 1.807) is 0 Å². The quantitative estimate of drug-likeness (QED) is 0.793. The Morgan fingerprint density at radius 1 is 0.963 bits per heavy atom. The van der Waals surface area contributed by atoms with Crippen LogP contribution in [0.4, 0.5) is 10.5 Å². The van der Waals surface area contributed by atoms with Gasteiger partial charge in [-0.1, -0.05) is 30.3 Å². The lowest BCUT2D eigenvalue weighted by atomic mass is 9.76. The highest BCUT2D eigenvalue weighted by Crippen LogP contribution is 2.37. The Labute approximate surface area is 161 Å². The van der Waals surface area contributed by atoms with Crippen LogP contribution in [0, 0.1) is 0 Å². The van der Waals surface area contributed by atoms with Crippen LogP contribution in [0.1, 0.15) is 48.5 Å². The fraction of sp³-hybridized carbons (Fsp3) is 0.476. The number of carbonyl (C=O) groups excluding carboxylic acids is 1. The van der Waals surface area contributed by atoms with Crippen molar-refractivity contribution in [1.82, 2.24) is 0 Å². The van der Waals surface area contributed by atoms with Gasteiger partial charge in [-0.25, -0.2) is 4.79 Å². The largest absolute Gasteiger partial charge is 0.495 e. The number of ether oxygens (including phenoxy) is 1. The monoisotopic (exact) mass is 369 g/mol. The van der Waals surface area contributed by atoms with Crippen LogP contribution in [0.2, 0.25) is 0 Å². The van der Waals surface area contributed by atoms with Crippen LogP contribution in [0.15, 0.2) is 36.4 Å². The Hall–Kier alpha value is -2.05. The van der Waals surface area contributed by atoms with E-state index in [2.05, 4.69) is 5.32 Å². The van der Waals surface area contributed by atoms with Crippen LogP contribution >= 0.6 is 0 Å². The molecule has 0 radical (unpaired) electrons. The fourth-order valence-electron chi connectivity index (χ4n) is 3.03. The molecule has 0 atom stereocenters. The summed E-state index contributed by atoms with van der Waals surface area (Å²) >= 11 is 0. The summed E-state index contributed by atoms with van der Waals surface area (Å²) in [6.07, 6.45) is -0.476. The Kier molecular flexibility index (Phi) is 4.77. The van der Waals surface area contributed by atoms with Crippen LogP contribution in [0.3, 0.4) is 0 Å². The molecule has 0 bridgehead atoms. The van der Waals surface area contributed by atoms with Crippen molar-refractivity contribution >= 4 is 35.1 Å². The maximum Gasteiger partial charge on any atom is 0.495 e. The lowest BCUT2D eigenvalue weighted by Gasteiger charge is -2.32. The van der Waals surface area contributed by atoms with Gasteiger partial charge in [-0.15, -0.1) is 0 Å². The van der Waals surface area contributed by atoms with Crippen LogP contribution in [0.25, 0.3) is 10.8 Å². The predicted molar refractivity (Wildman–Crippen MR) is 110 cm³/mol. The van der Waals surface area contributed by atoms with Crippen molar-refractivity contribution in [2.24, 2.45) is 0 Å². The Morgan fingerprint density at radius 3 is 2.11 bits per heavy atom. The molecule has 0 aromatic heterocycles. The second-order valence-corrected chi connectivity index (χ2v) is 8.96. The molecule has 3 rings (SSSR count). The number of benzene rings is 2. The van der Waals surface area contributed by atoms with Gasteiger partial charge in [0.1, 0.15) is 5.60 Å². The van der Waals surface area contributed by atoms with Gasteiger partial charge in [0.05, 0.1) is 16.9 Å². The van der Waals surface area contributed by atoms with Gasteiger partial charge < -0.3 is 14.0 Å². The molecule has 0 aliphatic carbocycles. The van der Waals surface area contributed by atoms with Gasteiger partial charge in [-0.05, 0) is 65.4 Å². The lowest BCUT2D eigenvalue weighted by molar-refractivity contribution is 0.00578. The van der Waals surface area contributed by atoms with Gasteiger partial charge in [0.2, 0.25) is 0 Å². The Morgan fingerprint density at radius 2 is 1.52 bits per heavy atom. The molecule has 144 valence electrons. The van der Waals surface area contributed by atoms with Crippen LogP contribution in [-0.4, -0.2) is 30.0 Å². The number of hydrogen-bond acceptors (Lipinski definition) is 4. The second kappa shape index (κ2) is 6.53. The minimum absolute atomic E-state index is 0.411. The molecule has 2 aromatic carbocycles. The third kappa shape index (κ3) is 3.97. The molecule has 1 aliphatic heterocycles. The van der Waals surface area contributed by atoms with Gasteiger partial charge in [0.15, 0.2) is 0 Å². The topological polar surface area (TPSA) is 56.8 Å². The molecule has 0 unspecified atom stereocenters. The molecule has 1 saturated heterocycles. The third-order valence-corrected chi connectivity index (χ3v) is 5.10. The minimum atomic E-state index is -0.553. The molecule has 1 fully saturated rings. The van der Waals surface area contributed by atoms with E-state index in [9.17, 15) is 4.79 Å². The van der Waals surface area contributed by atoms with Gasteiger partial charge in [0, 0.05) is 5.39 Å². The number of nitrogens with one attached hydrogen (secondary N) is 1. The molecule has 0 saturated carbocycles. The number of hydrogen-bond donors (Lipinski definition) is 1. The van der Waals surface area contributed by atoms with Crippen molar-refractivity contribution in [2.75, 3.05) is 5.32 Å². The summed E-state index contributed by atoms with van der Waals surface area (Å²) in [4.78, 5) is 12.2. The van der Waals surface area contributed by atoms with Crippen LogP contribution in [0.5, 0.6) is 0 Å². The van der Waals surface area contributed by atoms with E-state index in [1.165, 1.54) is 0 Å². The molecular formula is C21H28BNO4. The average molecular weight is 369 g/mol. The van der Waals surface area contributed by atoms with E-state index in [-0.39, 0.29) is 0 Å². The summed E-state index contributed by atoms with van der Waals surface area (Å²) in [5.74, 6) is 0. The normalized spacial score (nSPS) is 18.6. The highest BCUT2D eigenvalue weighted by molar-refractivity contribution is 6.65. The lowest BCUT2D eigenvalue weighted by Crippen LogP contribution is -2.41. The summed E-state index contributed by atoms with van der Waals surface area (Å²) in [5.41, 5.74) is 0.264. The number of carbonyl (C=O) groups is 1. The zero-order chi connectivity index (χ0) is 20.0. The molecule has 5 nitrogen and oxygen atoms in total. The SMILES string of the molecule is CC(C)(C)OC(=O)Nc1cccc2c(B3OC(C)(C)C(C)(C)O3)cccc12. The summed E-state index contributed by atoms with van der Waals surface area (Å²) in [6, 6.07) is 11.7. The molecular weight excluding hydrogens is 341 g/mol. The first kappa shape index (κ1) is 19.7. The molecule has 1 amide bonds. The molecule has 2 aromatic rings. The van der Waals surface area contributed by atoms with E-state index in [4.69, 9.17) is 14.0 Å². The Balaban J connectivity index is 1.96. The smallest absolute Gasteiger partial charge is 0.444 e. The number of rotatable bonds is 2. The molecule has 27 heavy (non-hydrogen) atoms. The van der Waals surface area contributed by atoms with Crippen LogP contribution in [-0.2, 0) is 14.0 Å². The van der Waals surface area contributed by atoms with E-state index in [0.717, 1.165) is 16.2 Å². The van der Waals surface area contributed by atoms with Crippen molar-refractivity contribution in [3.05, 3.63) is 36.4 Å². The van der Waals surface area contributed by atoms with Gasteiger partial charge in [-0.3, -0.25) is 5.32 Å². The zero-order valence-electron chi connectivity index (χ0n) is 17.2. The van der Waals surface area contributed by atoms with Gasteiger partial charge in [-0.2, -0.15) is 0 Å². The van der Waals surface area contributed by atoms with Crippen molar-refractivity contribution in [2.45, 2.75) is 65.3 Å². The summed E-state index contributed by atoms with van der Waals surface area (Å²) in [6.45, 7) is 13.7. The van der Waals surface area contributed by atoms with E-state index < -0.39 is 30.0 Å². The Bertz CT molecular complexity index is 854. The van der Waals surface area contributed by atoms with E-state index in [1.807, 2.05) is 84.9 Å². The highest BCUT2D eigenvalue weighted by Gasteiger charge is 2.52. The average Bonchev–Trinajstić information content (AvgIpc) is 2.73. The standard InChI is InChI=1S/C21H28BNO4/c1-19(2,3)25-18(24)23-17-13-9-10-14-15(17)11-8-12-16(14)22-26-20(4,5)21(6,7)27-22/h8-13H,1-7H3,(H,23,24). The van der Waals surface area contributed by atoms with Crippen molar-refractivity contribution < 1.29 is 18.8 Å². The maximum atomic E-state index is 12.2. The number of amides is 1. The number of anilines is 1. The number of fused-ring (bicyclic) bond motifs is 1. The molecule has 1 aliphatic rings. The maximum absolute atomic E-state index is 12.2. The minimum Gasteiger partial charge on any atom is -0.444 e. The highest BCUT2D eigenvalue weighted by atomic mass is 16.7. The third-order valence-electron chi connectivity index (χ3n) is 5.10. The van der Waals surface area contributed by atoms with E-state index >= 15 is 0 Å². The van der Waals surface area contributed by atoms with Gasteiger partial charge >= 0.3 is 13.2 Å². The zero-order valence-corrected chi connectivity index (χ0v) is 17.2. The molecule has 6 heteroatoms. The first-order chi connectivity index (χ1) is 12.4. The van der Waals surface area contributed by atoms with Crippen molar-refractivity contribution in [1.29, 1.82) is 0 Å². The first-order valence-corrected chi connectivity index (χ1v) is 9.27. The van der Waals surface area contributed by atoms with Gasteiger partial charge in [0.25, 0.3) is 0 Å². The summed E-state index contributed by atoms with van der Waals surface area (Å²) < 4.78 is 17.8. The second-order valence-electron chi connectivity index (χ2n) is 8.96. The van der Waals surface area contributed by atoms with E-state index in [0.29, 0.717) is 5.69 Å². The molecule has 0 spiro atoms. The fourth-order valence-corrected chi connectivity index (χ4v) is 3.03. The first-order valence-electron chi connectivity index (χ1n) is 9.27.